The quantitative estimate of drug-likeness (QED) is 0.751. The van der Waals surface area contributed by atoms with E-state index in [1.807, 2.05) is 0 Å². The molecule has 0 amide bonds. The molecule has 0 aliphatic rings. The predicted octanol–water partition coefficient (Wildman–Crippen LogP) is 0.852. The van der Waals surface area contributed by atoms with Crippen molar-refractivity contribution >= 4 is 27.5 Å². The molecule has 110 valence electrons. The number of rotatable bonds is 5. The van der Waals surface area contributed by atoms with Gasteiger partial charge >= 0.3 is 0 Å². The summed E-state index contributed by atoms with van der Waals surface area (Å²) in [5, 5.41) is 17.4. The predicted molar refractivity (Wildman–Crippen MR) is 80.6 cm³/mol. The van der Waals surface area contributed by atoms with Crippen LogP contribution in [0.25, 0.3) is 11.0 Å². The second kappa shape index (κ2) is 5.60. The third-order valence-electron chi connectivity index (χ3n) is 3.02. The number of nitrogens with one attached hydrogen (secondary N) is 1. The number of aryl methyl sites for hydroxylation is 1. The van der Waals surface area contributed by atoms with Gasteiger partial charge in [0.25, 0.3) is 5.56 Å². The molecule has 0 unspecified atom stereocenters. The highest BCUT2D eigenvalue weighted by molar-refractivity contribution is 7.15. The fourth-order valence-corrected chi connectivity index (χ4v) is 2.71. The molecule has 0 aliphatic heterocycles. The van der Waals surface area contributed by atoms with Crippen LogP contribution in [-0.4, -0.2) is 36.1 Å². The smallest absolute Gasteiger partial charge is 0.264 e. The van der Waals surface area contributed by atoms with Crippen LogP contribution in [0.15, 0.2) is 17.3 Å². The van der Waals surface area contributed by atoms with Gasteiger partial charge in [0.15, 0.2) is 5.65 Å². The van der Waals surface area contributed by atoms with Gasteiger partial charge < -0.3 is 5.32 Å². The van der Waals surface area contributed by atoms with E-state index in [0.29, 0.717) is 17.6 Å². The Morgan fingerprint density at radius 2 is 2.24 bits per heavy atom. The van der Waals surface area contributed by atoms with Gasteiger partial charge in [-0.2, -0.15) is 5.10 Å². The molecule has 0 bridgehead atoms. The Morgan fingerprint density at radius 1 is 1.38 bits per heavy atom. The van der Waals surface area contributed by atoms with Crippen LogP contribution in [0.5, 0.6) is 0 Å². The maximum Gasteiger partial charge on any atom is 0.264 e. The van der Waals surface area contributed by atoms with Gasteiger partial charge in [0.1, 0.15) is 16.7 Å². The topological polar surface area (TPSA) is 90.5 Å². The van der Waals surface area contributed by atoms with Gasteiger partial charge in [0, 0.05) is 13.6 Å². The molecule has 0 aromatic carbocycles. The van der Waals surface area contributed by atoms with Crippen molar-refractivity contribution in [1.29, 1.82) is 0 Å². The molecule has 3 rings (SSSR count). The Labute approximate surface area is 124 Å². The Balaban J connectivity index is 1.86. The fraction of sp³-hybridized carbons (Fsp3) is 0.417. The first-order valence-corrected chi connectivity index (χ1v) is 7.44. The number of fused-ring (bicyclic) bond motifs is 1. The standard InChI is InChI=1S/C12H15N7OS/c1-3-4-13-12-17-16-9(21-12)6-19-7-14-10-8(11(19)20)5-15-18(10)2/h5,7H,3-4,6H2,1-2H3,(H,13,17). The summed E-state index contributed by atoms with van der Waals surface area (Å²) in [5.41, 5.74) is 0.463. The minimum atomic E-state index is -0.119. The van der Waals surface area contributed by atoms with E-state index in [4.69, 9.17) is 0 Å². The van der Waals surface area contributed by atoms with Crippen molar-refractivity contribution in [2.45, 2.75) is 19.9 Å². The van der Waals surface area contributed by atoms with Crippen molar-refractivity contribution in [3.63, 3.8) is 0 Å². The van der Waals surface area contributed by atoms with Crippen molar-refractivity contribution in [3.8, 4) is 0 Å². The Bertz CT molecular complexity index is 818. The molecule has 0 spiro atoms. The summed E-state index contributed by atoms with van der Waals surface area (Å²) in [5.74, 6) is 0. The maximum atomic E-state index is 12.3. The molecular weight excluding hydrogens is 290 g/mol. The largest absolute Gasteiger partial charge is 0.360 e. The fourth-order valence-electron chi connectivity index (χ4n) is 1.95. The summed E-state index contributed by atoms with van der Waals surface area (Å²) < 4.78 is 3.10. The number of hydrogen-bond acceptors (Lipinski definition) is 7. The van der Waals surface area contributed by atoms with Crippen molar-refractivity contribution < 1.29 is 0 Å². The monoisotopic (exact) mass is 305 g/mol. The van der Waals surface area contributed by atoms with E-state index in [0.717, 1.165) is 23.1 Å². The number of aromatic nitrogens is 6. The highest BCUT2D eigenvalue weighted by Crippen LogP contribution is 2.15. The maximum absolute atomic E-state index is 12.3. The van der Waals surface area contributed by atoms with E-state index in [1.54, 1.807) is 11.7 Å². The van der Waals surface area contributed by atoms with Crippen molar-refractivity contribution in [3.05, 3.63) is 27.9 Å². The van der Waals surface area contributed by atoms with Crippen LogP contribution in [0.1, 0.15) is 18.4 Å². The molecule has 0 saturated carbocycles. The van der Waals surface area contributed by atoms with Gasteiger partial charge in [-0.15, -0.1) is 10.2 Å². The summed E-state index contributed by atoms with van der Waals surface area (Å²) >= 11 is 1.45. The van der Waals surface area contributed by atoms with Crippen molar-refractivity contribution in [2.24, 2.45) is 7.05 Å². The molecule has 0 radical (unpaired) electrons. The number of nitrogens with zero attached hydrogens (tertiary/aromatic N) is 6. The van der Waals surface area contributed by atoms with Crippen LogP contribution < -0.4 is 10.9 Å². The lowest BCUT2D eigenvalue weighted by molar-refractivity contribution is 0.726. The lowest BCUT2D eigenvalue weighted by atomic mass is 10.4. The molecule has 0 fully saturated rings. The summed E-state index contributed by atoms with van der Waals surface area (Å²) in [7, 11) is 1.76. The number of anilines is 1. The molecular formula is C12H15N7OS. The van der Waals surface area contributed by atoms with Gasteiger partial charge in [0.05, 0.1) is 12.7 Å². The lowest BCUT2D eigenvalue weighted by Gasteiger charge is -2.02. The van der Waals surface area contributed by atoms with Gasteiger partial charge in [-0.05, 0) is 6.42 Å². The summed E-state index contributed by atoms with van der Waals surface area (Å²) in [6, 6.07) is 0. The summed E-state index contributed by atoms with van der Waals surface area (Å²) in [6.07, 6.45) is 4.08. The van der Waals surface area contributed by atoms with E-state index in [1.165, 1.54) is 28.4 Å². The van der Waals surface area contributed by atoms with E-state index in [9.17, 15) is 4.79 Å². The highest BCUT2D eigenvalue weighted by Gasteiger charge is 2.10. The second-order valence-electron chi connectivity index (χ2n) is 4.61. The minimum Gasteiger partial charge on any atom is -0.360 e. The third kappa shape index (κ3) is 2.64. The van der Waals surface area contributed by atoms with E-state index in [-0.39, 0.29) is 5.56 Å². The highest BCUT2D eigenvalue weighted by atomic mass is 32.1. The average molecular weight is 305 g/mol. The Kier molecular flexibility index (Phi) is 3.65. The van der Waals surface area contributed by atoms with Gasteiger partial charge in [-0.1, -0.05) is 18.3 Å². The molecule has 3 heterocycles. The third-order valence-corrected chi connectivity index (χ3v) is 3.88. The molecule has 9 heteroatoms. The first-order chi connectivity index (χ1) is 10.2. The van der Waals surface area contributed by atoms with Gasteiger partial charge in [0.2, 0.25) is 5.13 Å². The second-order valence-corrected chi connectivity index (χ2v) is 5.67. The van der Waals surface area contributed by atoms with Crippen LogP contribution >= 0.6 is 11.3 Å². The molecule has 0 atom stereocenters. The first kappa shape index (κ1) is 13.7. The van der Waals surface area contributed by atoms with E-state index >= 15 is 0 Å². The molecule has 8 nitrogen and oxygen atoms in total. The van der Waals surface area contributed by atoms with E-state index < -0.39 is 0 Å². The molecule has 0 saturated heterocycles. The lowest BCUT2D eigenvalue weighted by Crippen LogP contribution is -2.21. The summed E-state index contributed by atoms with van der Waals surface area (Å²) in [4.78, 5) is 16.6. The van der Waals surface area contributed by atoms with Crippen LogP contribution in [0.3, 0.4) is 0 Å². The van der Waals surface area contributed by atoms with Crippen LogP contribution in [0, 0.1) is 0 Å². The van der Waals surface area contributed by atoms with Gasteiger partial charge in [-0.25, -0.2) is 4.98 Å². The molecule has 1 N–H and O–H groups in total. The SMILES string of the molecule is CCCNc1nnc(Cn2cnc3c(cnn3C)c2=O)s1. The van der Waals surface area contributed by atoms with Crippen LogP contribution in [-0.2, 0) is 13.6 Å². The van der Waals surface area contributed by atoms with Crippen LogP contribution in [0.2, 0.25) is 0 Å². The zero-order chi connectivity index (χ0) is 14.8. The molecule has 3 aromatic heterocycles. The average Bonchev–Trinajstić information content (AvgIpc) is 3.07. The van der Waals surface area contributed by atoms with Crippen molar-refractivity contribution in [2.75, 3.05) is 11.9 Å². The van der Waals surface area contributed by atoms with Crippen molar-refractivity contribution in [1.82, 2.24) is 29.5 Å². The molecule has 21 heavy (non-hydrogen) atoms. The van der Waals surface area contributed by atoms with Gasteiger partial charge in [-0.3, -0.25) is 14.0 Å². The Hall–Kier alpha value is -2.29. The summed E-state index contributed by atoms with van der Waals surface area (Å²) in [6.45, 7) is 3.31. The zero-order valence-electron chi connectivity index (χ0n) is 11.8. The van der Waals surface area contributed by atoms with E-state index in [2.05, 4.69) is 32.5 Å². The van der Waals surface area contributed by atoms with Crippen LogP contribution in [0.4, 0.5) is 5.13 Å². The minimum absolute atomic E-state index is 0.119. The Morgan fingerprint density at radius 3 is 3.05 bits per heavy atom. The zero-order valence-corrected chi connectivity index (χ0v) is 12.6. The molecule has 0 aliphatic carbocycles. The molecule has 3 aromatic rings. The number of hydrogen-bond donors (Lipinski definition) is 1. The normalized spacial score (nSPS) is 11.1. The first-order valence-electron chi connectivity index (χ1n) is 6.62.